The van der Waals surface area contributed by atoms with Crippen LogP contribution in [0.5, 0.6) is 0 Å². The molecule has 2 unspecified atom stereocenters. The highest BCUT2D eigenvalue weighted by Gasteiger charge is 2.37. The maximum atomic E-state index is 5.02. The number of aromatic nitrogens is 3. The summed E-state index contributed by atoms with van der Waals surface area (Å²) in [6.07, 6.45) is 8.27. The van der Waals surface area contributed by atoms with Gasteiger partial charge in [-0.25, -0.2) is 4.98 Å². The van der Waals surface area contributed by atoms with Crippen LogP contribution in [0.4, 0.5) is 0 Å². The fraction of sp³-hybridized carbons (Fsp3) is 0.391. The van der Waals surface area contributed by atoms with Crippen molar-refractivity contribution >= 4 is 27.5 Å². The zero-order valence-electron chi connectivity index (χ0n) is 15.6. The third kappa shape index (κ3) is 1.83. The molecule has 6 rings (SSSR count). The molecule has 2 atom stereocenters. The first kappa shape index (κ1) is 14.7. The predicted octanol–water partition coefficient (Wildman–Crippen LogP) is 5.70. The van der Waals surface area contributed by atoms with Crippen molar-refractivity contribution in [2.75, 3.05) is 0 Å². The van der Waals surface area contributed by atoms with Gasteiger partial charge in [-0.05, 0) is 71.9 Å². The van der Waals surface area contributed by atoms with Crippen molar-refractivity contribution in [2.45, 2.75) is 57.3 Å². The second kappa shape index (κ2) is 4.64. The van der Waals surface area contributed by atoms with Gasteiger partial charge in [0, 0.05) is 28.9 Å². The minimum absolute atomic E-state index is 0.0561. The van der Waals surface area contributed by atoms with E-state index in [2.05, 4.69) is 55.6 Å². The first-order chi connectivity index (χ1) is 12.5. The van der Waals surface area contributed by atoms with Gasteiger partial charge >= 0.3 is 0 Å². The average Bonchev–Trinajstić information content (AvgIpc) is 3.31. The van der Waals surface area contributed by atoms with Crippen LogP contribution in [0.1, 0.15) is 68.7 Å². The molecular weight excluding hydrogens is 318 g/mol. The lowest BCUT2D eigenvalue weighted by molar-refractivity contribution is 0.570. The van der Waals surface area contributed by atoms with E-state index in [0.717, 1.165) is 34.1 Å². The van der Waals surface area contributed by atoms with Crippen LogP contribution >= 0.6 is 0 Å². The monoisotopic (exact) mass is 341 g/mol. The number of fused-ring (bicyclic) bond motifs is 10. The topological polar surface area (TPSA) is 30.2 Å². The number of hydrogen-bond acceptors (Lipinski definition) is 2. The Hall–Kier alpha value is -2.42. The van der Waals surface area contributed by atoms with E-state index in [-0.39, 0.29) is 5.41 Å². The maximum absolute atomic E-state index is 5.02. The zero-order valence-corrected chi connectivity index (χ0v) is 15.6. The maximum Gasteiger partial charge on any atom is 0.147 e. The highest BCUT2D eigenvalue weighted by atomic mass is 15.0. The first-order valence-corrected chi connectivity index (χ1v) is 9.74. The van der Waals surface area contributed by atoms with Gasteiger partial charge in [0.25, 0.3) is 0 Å². The average molecular weight is 341 g/mol. The molecule has 4 aromatic rings. The van der Waals surface area contributed by atoms with Gasteiger partial charge in [-0.3, -0.25) is 9.38 Å². The van der Waals surface area contributed by atoms with E-state index in [1.165, 1.54) is 30.2 Å². The summed E-state index contributed by atoms with van der Waals surface area (Å²) in [5.74, 6) is 1.55. The summed E-state index contributed by atoms with van der Waals surface area (Å²) < 4.78 is 2.25. The predicted molar refractivity (Wildman–Crippen MR) is 106 cm³/mol. The van der Waals surface area contributed by atoms with Crippen molar-refractivity contribution in [1.82, 2.24) is 14.4 Å². The van der Waals surface area contributed by atoms with Crippen LogP contribution in [0.15, 0.2) is 36.7 Å². The molecule has 3 heteroatoms. The van der Waals surface area contributed by atoms with E-state index in [0.29, 0.717) is 0 Å². The van der Waals surface area contributed by atoms with Gasteiger partial charge in [0.2, 0.25) is 0 Å². The van der Waals surface area contributed by atoms with Gasteiger partial charge in [0.1, 0.15) is 5.65 Å². The summed E-state index contributed by atoms with van der Waals surface area (Å²) >= 11 is 0. The molecule has 26 heavy (non-hydrogen) atoms. The molecule has 2 aliphatic rings. The summed E-state index contributed by atoms with van der Waals surface area (Å²) in [4.78, 5) is 9.76. The largest absolute Gasteiger partial charge is 0.299 e. The van der Waals surface area contributed by atoms with E-state index in [1.807, 2.05) is 6.20 Å². The zero-order chi connectivity index (χ0) is 17.6. The molecule has 0 N–H and O–H groups in total. The quantitative estimate of drug-likeness (QED) is 0.411. The highest BCUT2D eigenvalue weighted by Crippen LogP contribution is 2.53. The fourth-order valence-electron chi connectivity index (χ4n) is 5.13. The van der Waals surface area contributed by atoms with Crippen molar-refractivity contribution < 1.29 is 0 Å². The van der Waals surface area contributed by atoms with E-state index in [9.17, 15) is 0 Å². The normalized spacial score (nSPS) is 22.0. The third-order valence-corrected chi connectivity index (χ3v) is 6.56. The molecule has 3 aromatic heterocycles. The van der Waals surface area contributed by atoms with Crippen LogP contribution in [-0.4, -0.2) is 14.4 Å². The number of pyridine rings is 2. The fourth-order valence-corrected chi connectivity index (χ4v) is 5.13. The number of nitrogens with zero attached hydrogens (tertiary/aromatic N) is 3. The Bertz CT molecular complexity index is 1210. The van der Waals surface area contributed by atoms with Gasteiger partial charge in [0.15, 0.2) is 0 Å². The molecule has 2 bridgehead atoms. The van der Waals surface area contributed by atoms with Gasteiger partial charge in [-0.2, -0.15) is 0 Å². The van der Waals surface area contributed by atoms with Gasteiger partial charge in [-0.15, -0.1) is 0 Å². The first-order valence-electron chi connectivity index (χ1n) is 9.74. The Morgan fingerprint density at radius 3 is 2.58 bits per heavy atom. The number of rotatable bonds is 0. The summed E-state index contributed by atoms with van der Waals surface area (Å²) in [5.41, 5.74) is 7.73. The Balaban J connectivity index is 1.64. The Morgan fingerprint density at radius 2 is 1.81 bits per heavy atom. The van der Waals surface area contributed by atoms with Crippen LogP contribution in [0.2, 0.25) is 0 Å². The number of hydrogen-bond donors (Lipinski definition) is 0. The molecule has 3 nitrogen and oxygen atoms in total. The van der Waals surface area contributed by atoms with Crippen LogP contribution in [0.3, 0.4) is 0 Å². The minimum atomic E-state index is 0.0561. The Morgan fingerprint density at radius 1 is 1.04 bits per heavy atom. The molecule has 0 amide bonds. The molecule has 0 spiro atoms. The van der Waals surface area contributed by atoms with E-state index in [4.69, 9.17) is 9.97 Å². The summed E-state index contributed by atoms with van der Waals surface area (Å²) in [6.45, 7) is 6.62. The third-order valence-electron chi connectivity index (χ3n) is 6.56. The van der Waals surface area contributed by atoms with E-state index in [1.54, 1.807) is 11.1 Å². The van der Waals surface area contributed by atoms with E-state index < -0.39 is 0 Å². The minimum Gasteiger partial charge on any atom is -0.299 e. The molecule has 1 aromatic carbocycles. The van der Waals surface area contributed by atoms with Crippen LogP contribution in [0, 0.1) is 0 Å². The Kier molecular flexibility index (Phi) is 2.63. The second-order valence-electron chi connectivity index (χ2n) is 9.20. The van der Waals surface area contributed by atoms with E-state index >= 15 is 0 Å². The lowest BCUT2D eigenvalue weighted by Gasteiger charge is -2.18. The molecule has 2 aliphatic carbocycles. The SMILES string of the molecule is CC(C)(C)c1cc2ccn3c4cc5c(cc4nc3c2cn1)C1CCC5C1. The molecule has 0 aliphatic heterocycles. The van der Waals surface area contributed by atoms with Crippen LogP contribution < -0.4 is 0 Å². The molecule has 1 saturated carbocycles. The molecule has 3 heterocycles. The van der Waals surface area contributed by atoms with Crippen molar-refractivity contribution in [3.63, 3.8) is 0 Å². The lowest BCUT2D eigenvalue weighted by Crippen LogP contribution is -2.13. The summed E-state index contributed by atoms with van der Waals surface area (Å²) in [5, 5.41) is 2.36. The van der Waals surface area contributed by atoms with Crippen molar-refractivity contribution in [3.8, 4) is 0 Å². The summed E-state index contributed by atoms with van der Waals surface area (Å²) in [7, 11) is 0. The van der Waals surface area contributed by atoms with Gasteiger partial charge < -0.3 is 0 Å². The molecule has 0 saturated heterocycles. The molecule has 130 valence electrons. The van der Waals surface area contributed by atoms with Crippen LogP contribution in [-0.2, 0) is 5.41 Å². The Labute approximate surface area is 153 Å². The number of benzene rings is 1. The summed E-state index contributed by atoms with van der Waals surface area (Å²) in [6, 6.07) is 9.20. The van der Waals surface area contributed by atoms with Crippen LogP contribution in [0.25, 0.3) is 27.5 Å². The van der Waals surface area contributed by atoms with Crippen molar-refractivity contribution in [2.24, 2.45) is 0 Å². The highest BCUT2D eigenvalue weighted by molar-refractivity contribution is 5.98. The van der Waals surface area contributed by atoms with Gasteiger partial charge in [-0.1, -0.05) is 20.8 Å². The second-order valence-corrected chi connectivity index (χ2v) is 9.20. The lowest BCUT2D eigenvalue weighted by atomic mass is 9.91. The van der Waals surface area contributed by atoms with Crippen molar-refractivity contribution in [3.05, 3.63) is 53.5 Å². The van der Waals surface area contributed by atoms with Crippen molar-refractivity contribution in [1.29, 1.82) is 0 Å². The number of imidazole rings is 1. The molecular formula is C23H23N3. The van der Waals surface area contributed by atoms with Gasteiger partial charge in [0.05, 0.1) is 11.0 Å². The smallest absolute Gasteiger partial charge is 0.147 e. The molecule has 1 fully saturated rings. The standard InChI is InChI=1S/C23H23N3/c1-23(2,3)21-9-15-6-7-26-20-11-17-14-5-4-13(8-14)16(17)10-19(20)25-22(26)18(15)12-24-21/h6-7,9-14H,4-5,8H2,1-3H3. The molecule has 0 radical (unpaired) electrons.